The highest BCUT2D eigenvalue weighted by Gasteiger charge is 2.24. The second kappa shape index (κ2) is 8.70. The van der Waals surface area contributed by atoms with E-state index in [0.29, 0.717) is 19.2 Å². The van der Waals surface area contributed by atoms with Gasteiger partial charge in [0.15, 0.2) is 0 Å². The number of amides is 1. The molecule has 3 aliphatic rings. The van der Waals surface area contributed by atoms with Gasteiger partial charge in [-0.05, 0) is 42.2 Å². The van der Waals surface area contributed by atoms with Gasteiger partial charge in [0.1, 0.15) is 6.61 Å². The Bertz CT molecular complexity index is 971. The molecule has 0 saturated carbocycles. The lowest BCUT2D eigenvalue weighted by atomic mass is 10.1. The number of nitrogens with one attached hydrogen (secondary N) is 2. The number of anilines is 2. The third-order valence-electron chi connectivity index (χ3n) is 5.84. The summed E-state index contributed by atoms with van der Waals surface area (Å²) in [7, 11) is 0. The minimum Gasteiger partial charge on any atom is -0.460 e. The molecule has 7 heteroatoms. The van der Waals surface area contributed by atoms with Gasteiger partial charge in [-0.2, -0.15) is 11.8 Å². The smallest absolute Gasteiger partial charge is 0.290 e. The third-order valence-corrected chi connectivity index (χ3v) is 6.78. The van der Waals surface area contributed by atoms with Crippen LogP contribution in [0.15, 0.2) is 47.5 Å². The summed E-state index contributed by atoms with van der Waals surface area (Å²) >= 11 is 1.95. The number of nitrogens with zero attached hydrogens (tertiary/aromatic N) is 2. The van der Waals surface area contributed by atoms with Crippen molar-refractivity contribution < 1.29 is 9.53 Å². The summed E-state index contributed by atoms with van der Waals surface area (Å²) in [6.45, 7) is 2.86. The number of hydrogen-bond donors (Lipinski definition) is 2. The van der Waals surface area contributed by atoms with Crippen LogP contribution < -0.4 is 10.6 Å². The van der Waals surface area contributed by atoms with Crippen LogP contribution >= 0.6 is 11.8 Å². The second-order valence-electron chi connectivity index (χ2n) is 7.91. The Morgan fingerprint density at radius 1 is 1.20 bits per heavy atom. The van der Waals surface area contributed by atoms with E-state index in [4.69, 9.17) is 9.73 Å². The Morgan fingerprint density at radius 2 is 2.07 bits per heavy atom. The van der Waals surface area contributed by atoms with E-state index in [-0.39, 0.29) is 11.9 Å². The van der Waals surface area contributed by atoms with Crippen LogP contribution in [-0.4, -0.2) is 48.0 Å². The normalized spacial score (nSPS) is 22.0. The molecule has 1 amide bonds. The van der Waals surface area contributed by atoms with Crippen molar-refractivity contribution in [3.05, 3.63) is 59.2 Å². The molecule has 1 aliphatic carbocycles. The highest BCUT2D eigenvalue weighted by molar-refractivity contribution is 7.99. The summed E-state index contributed by atoms with van der Waals surface area (Å²) in [6, 6.07) is 15.1. The van der Waals surface area contributed by atoms with E-state index in [2.05, 4.69) is 39.8 Å². The summed E-state index contributed by atoms with van der Waals surface area (Å²) < 4.78 is 5.88. The fraction of sp³-hybridized carbons (Fsp3) is 0.391. The summed E-state index contributed by atoms with van der Waals surface area (Å²) in [6.07, 6.45) is 2.08. The standard InChI is InChI=1S/C23H26N4O2S/c28-22(14-27-9-11-30-12-10-27)24-18-6-8-20-17(13-18)15-29-23(25-20)26-21-7-5-16-3-1-2-4-19(16)21/h1-4,6,8,13,21H,5,7,9-12,14-15H2,(H,24,28)(H,25,26). The van der Waals surface area contributed by atoms with Crippen LogP contribution in [0.4, 0.5) is 11.4 Å². The van der Waals surface area contributed by atoms with Crippen molar-refractivity contribution in [1.82, 2.24) is 4.90 Å². The summed E-state index contributed by atoms with van der Waals surface area (Å²) in [5.41, 5.74) is 5.49. The van der Waals surface area contributed by atoms with Crippen LogP contribution in [-0.2, 0) is 22.6 Å². The fourth-order valence-corrected chi connectivity index (χ4v) is 5.23. The topological polar surface area (TPSA) is 66.0 Å². The van der Waals surface area contributed by atoms with Gasteiger partial charge >= 0.3 is 0 Å². The van der Waals surface area contributed by atoms with E-state index >= 15 is 0 Å². The maximum Gasteiger partial charge on any atom is 0.290 e. The molecule has 2 aliphatic heterocycles. The average Bonchev–Trinajstić information content (AvgIpc) is 3.17. The lowest BCUT2D eigenvalue weighted by Gasteiger charge is -2.25. The Hall–Kier alpha value is -2.51. The molecular weight excluding hydrogens is 396 g/mol. The number of carbonyl (C=O) groups is 1. The third kappa shape index (κ3) is 4.32. The molecule has 2 aromatic carbocycles. The number of aliphatic imine (C=N–C) groups is 1. The highest BCUT2D eigenvalue weighted by atomic mass is 32.2. The van der Waals surface area contributed by atoms with Gasteiger partial charge in [-0.1, -0.05) is 24.3 Å². The molecule has 0 radical (unpaired) electrons. The van der Waals surface area contributed by atoms with Crippen LogP contribution in [0, 0.1) is 0 Å². The van der Waals surface area contributed by atoms with E-state index < -0.39 is 0 Å². The van der Waals surface area contributed by atoms with Crippen molar-refractivity contribution in [3.8, 4) is 0 Å². The Balaban J connectivity index is 1.22. The molecule has 5 rings (SSSR count). The van der Waals surface area contributed by atoms with Crippen molar-refractivity contribution >= 4 is 35.1 Å². The van der Waals surface area contributed by atoms with Crippen LogP contribution in [0.5, 0.6) is 0 Å². The first kappa shape index (κ1) is 19.5. The van der Waals surface area contributed by atoms with Crippen LogP contribution in [0.3, 0.4) is 0 Å². The van der Waals surface area contributed by atoms with Crippen molar-refractivity contribution in [1.29, 1.82) is 0 Å². The first-order valence-corrected chi connectivity index (χ1v) is 11.7. The zero-order valence-corrected chi connectivity index (χ0v) is 17.7. The van der Waals surface area contributed by atoms with Gasteiger partial charge in [0, 0.05) is 41.5 Å². The van der Waals surface area contributed by atoms with Crippen LogP contribution in [0.25, 0.3) is 0 Å². The molecule has 6 nitrogen and oxygen atoms in total. The van der Waals surface area contributed by atoms with E-state index in [0.717, 1.165) is 54.4 Å². The van der Waals surface area contributed by atoms with Crippen molar-refractivity contribution in [2.24, 2.45) is 4.99 Å². The number of hydrogen-bond acceptors (Lipinski definition) is 5. The quantitative estimate of drug-likeness (QED) is 0.787. The van der Waals surface area contributed by atoms with E-state index in [1.165, 1.54) is 11.1 Å². The molecule has 30 heavy (non-hydrogen) atoms. The molecule has 1 saturated heterocycles. The lowest BCUT2D eigenvalue weighted by Crippen LogP contribution is -2.38. The summed E-state index contributed by atoms with van der Waals surface area (Å²) in [5.74, 6) is 2.24. The summed E-state index contributed by atoms with van der Waals surface area (Å²) in [5, 5.41) is 6.32. The number of ether oxygens (including phenoxy) is 1. The highest BCUT2D eigenvalue weighted by Crippen LogP contribution is 2.34. The number of benzene rings is 2. The Labute approximate surface area is 181 Å². The molecule has 0 aromatic heterocycles. The molecule has 2 aromatic rings. The number of amidine groups is 1. The zero-order valence-electron chi connectivity index (χ0n) is 16.9. The molecule has 0 spiro atoms. The number of carbonyl (C=O) groups excluding carboxylic acids is 1. The molecule has 1 atom stereocenters. The fourth-order valence-electron chi connectivity index (χ4n) is 4.25. The molecular formula is C23H26N4O2S. The summed E-state index contributed by atoms with van der Waals surface area (Å²) in [4.78, 5) is 19.4. The maximum absolute atomic E-state index is 12.4. The first-order chi connectivity index (χ1) is 14.7. The zero-order chi connectivity index (χ0) is 20.3. The Kier molecular flexibility index (Phi) is 5.64. The predicted octanol–water partition coefficient (Wildman–Crippen LogP) is 3.66. The van der Waals surface area contributed by atoms with E-state index in [1.54, 1.807) is 0 Å². The SMILES string of the molecule is O=C(CN1CCSCC1)Nc1ccc2c(c1)COC(=NC1CCc3ccccc31)N2. The van der Waals surface area contributed by atoms with Gasteiger partial charge in [-0.15, -0.1) is 0 Å². The molecule has 2 heterocycles. The molecule has 0 bridgehead atoms. The molecule has 156 valence electrons. The largest absolute Gasteiger partial charge is 0.460 e. The molecule has 2 N–H and O–H groups in total. The minimum absolute atomic E-state index is 0.0358. The predicted molar refractivity (Wildman–Crippen MR) is 122 cm³/mol. The second-order valence-corrected chi connectivity index (χ2v) is 9.13. The maximum atomic E-state index is 12.4. The number of aryl methyl sites for hydroxylation is 1. The van der Waals surface area contributed by atoms with Gasteiger partial charge in [-0.25, -0.2) is 4.99 Å². The van der Waals surface area contributed by atoms with Crippen LogP contribution in [0.1, 0.15) is 29.2 Å². The minimum atomic E-state index is 0.0358. The Morgan fingerprint density at radius 3 is 2.97 bits per heavy atom. The van der Waals surface area contributed by atoms with Crippen LogP contribution in [0.2, 0.25) is 0 Å². The monoisotopic (exact) mass is 422 g/mol. The molecule has 1 unspecified atom stereocenters. The molecule has 1 fully saturated rings. The van der Waals surface area contributed by atoms with Gasteiger partial charge < -0.3 is 15.4 Å². The lowest BCUT2D eigenvalue weighted by molar-refractivity contribution is -0.117. The van der Waals surface area contributed by atoms with E-state index in [9.17, 15) is 4.79 Å². The van der Waals surface area contributed by atoms with Gasteiger partial charge in [0.2, 0.25) is 5.91 Å². The van der Waals surface area contributed by atoms with Gasteiger partial charge in [0.25, 0.3) is 6.02 Å². The first-order valence-electron chi connectivity index (χ1n) is 10.5. The number of rotatable bonds is 4. The van der Waals surface area contributed by atoms with Crippen molar-refractivity contribution in [3.63, 3.8) is 0 Å². The van der Waals surface area contributed by atoms with Crippen molar-refractivity contribution in [2.45, 2.75) is 25.5 Å². The van der Waals surface area contributed by atoms with Gasteiger partial charge in [0.05, 0.1) is 12.6 Å². The van der Waals surface area contributed by atoms with Crippen molar-refractivity contribution in [2.75, 3.05) is 41.8 Å². The van der Waals surface area contributed by atoms with E-state index in [1.807, 2.05) is 30.0 Å². The number of fused-ring (bicyclic) bond motifs is 2. The number of thioether (sulfide) groups is 1. The average molecular weight is 423 g/mol. The van der Waals surface area contributed by atoms with Gasteiger partial charge in [-0.3, -0.25) is 9.69 Å².